The minimum absolute atomic E-state index is 0.160. The lowest BCUT2D eigenvalue weighted by atomic mass is 10.1. The highest BCUT2D eigenvalue weighted by molar-refractivity contribution is 6.30. The molecule has 0 aliphatic rings. The molecule has 0 aromatic heterocycles. The average Bonchev–Trinajstić information content (AvgIpc) is 2.45. The molecule has 0 aliphatic heterocycles. The molecule has 0 bridgehead atoms. The van der Waals surface area contributed by atoms with E-state index < -0.39 is 11.9 Å². The van der Waals surface area contributed by atoms with Gasteiger partial charge in [-0.3, -0.25) is 0 Å². The number of esters is 2. The van der Waals surface area contributed by atoms with E-state index in [2.05, 4.69) is 0 Å². The zero-order valence-electron chi connectivity index (χ0n) is 13.3. The van der Waals surface area contributed by atoms with Gasteiger partial charge >= 0.3 is 11.9 Å². The fourth-order valence-corrected chi connectivity index (χ4v) is 2.11. The molecule has 0 N–H and O–H groups in total. The van der Waals surface area contributed by atoms with E-state index >= 15 is 0 Å². The molecule has 0 heterocycles. The molecule has 0 spiro atoms. The Bertz CT molecular complexity index is 564. The first-order valence-corrected chi connectivity index (χ1v) is 7.58. The van der Waals surface area contributed by atoms with Gasteiger partial charge in [0.1, 0.15) is 11.9 Å². The number of carbonyl (C=O) groups is 2. The highest BCUT2D eigenvalue weighted by atomic mass is 35.5. The van der Waals surface area contributed by atoms with E-state index in [-0.39, 0.29) is 12.0 Å². The Morgan fingerprint density at radius 2 is 1.86 bits per heavy atom. The van der Waals surface area contributed by atoms with E-state index in [0.717, 1.165) is 24.1 Å². The van der Waals surface area contributed by atoms with Crippen molar-refractivity contribution in [2.75, 3.05) is 0 Å². The number of carbonyl (C=O) groups excluding carboxylic acids is 2. The van der Waals surface area contributed by atoms with E-state index in [1.54, 1.807) is 25.1 Å². The van der Waals surface area contributed by atoms with Gasteiger partial charge in [-0.1, -0.05) is 32.4 Å². The summed E-state index contributed by atoms with van der Waals surface area (Å²) in [5, 5.41) is 0.565. The Balaban J connectivity index is 2.58. The third-order valence-corrected chi connectivity index (χ3v) is 3.35. The molecule has 0 fully saturated rings. The summed E-state index contributed by atoms with van der Waals surface area (Å²) in [6.07, 6.45) is 2.71. The molecule has 4 nitrogen and oxygen atoms in total. The summed E-state index contributed by atoms with van der Waals surface area (Å²) < 4.78 is 10.4. The quantitative estimate of drug-likeness (QED) is 0.449. The highest BCUT2D eigenvalue weighted by Gasteiger charge is 2.15. The van der Waals surface area contributed by atoms with Gasteiger partial charge in [0.25, 0.3) is 0 Å². The van der Waals surface area contributed by atoms with Crippen LogP contribution in [0.3, 0.4) is 0 Å². The number of hydrogen-bond acceptors (Lipinski definition) is 4. The standard InChI is InChI=1S/C17H21ClO4/c1-5-14(11(2)3)21-16(19)8-9-17(20)22-15-7-6-13(18)10-12(15)4/h6-11,14H,5H2,1-4H3/b9-8+. The minimum Gasteiger partial charge on any atom is -0.459 e. The van der Waals surface area contributed by atoms with Crippen LogP contribution in [0.25, 0.3) is 0 Å². The van der Waals surface area contributed by atoms with Crippen LogP contribution in [0.15, 0.2) is 30.4 Å². The van der Waals surface area contributed by atoms with Gasteiger partial charge in [0.05, 0.1) is 0 Å². The second-order valence-electron chi connectivity index (χ2n) is 5.29. The van der Waals surface area contributed by atoms with E-state index in [1.807, 2.05) is 20.8 Å². The van der Waals surface area contributed by atoms with Crippen molar-refractivity contribution in [2.45, 2.75) is 40.2 Å². The molecule has 5 heteroatoms. The van der Waals surface area contributed by atoms with Gasteiger partial charge in [0.2, 0.25) is 0 Å². The third-order valence-electron chi connectivity index (χ3n) is 3.12. The minimum atomic E-state index is -0.639. The normalized spacial score (nSPS) is 12.5. The van der Waals surface area contributed by atoms with Gasteiger partial charge in [0.15, 0.2) is 0 Å². The molecule has 0 radical (unpaired) electrons. The smallest absolute Gasteiger partial charge is 0.336 e. The molecule has 22 heavy (non-hydrogen) atoms. The van der Waals surface area contributed by atoms with Crippen LogP contribution < -0.4 is 4.74 Å². The van der Waals surface area contributed by atoms with Gasteiger partial charge in [0, 0.05) is 17.2 Å². The Labute approximate surface area is 136 Å². The lowest BCUT2D eigenvalue weighted by Gasteiger charge is -2.18. The molecule has 120 valence electrons. The van der Waals surface area contributed by atoms with Crippen LogP contribution >= 0.6 is 11.6 Å². The molecule has 1 aromatic carbocycles. The fourth-order valence-electron chi connectivity index (χ4n) is 1.89. The molecular weight excluding hydrogens is 304 g/mol. The van der Waals surface area contributed by atoms with Crippen LogP contribution in [-0.2, 0) is 14.3 Å². The Morgan fingerprint density at radius 1 is 1.23 bits per heavy atom. The predicted molar refractivity (Wildman–Crippen MR) is 86.0 cm³/mol. The summed E-state index contributed by atoms with van der Waals surface area (Å²) in [6.45, 7) is 7.67. The number of hydrogen-bond donors (Lipinski definition) is 0. The molecule has 0 aliphatic carbocycles. The number of aryl methyl sites for hydroxylation is 1. The van der Waals surface area contributed by atoms with E-state index in [4.69, 9.17) is 21.1 Å². The van der Waals surface area contributed by atoms with Crippen molar-refractivity contribution in [2.24, 2.45) is 5.92 Å². The average molecular weight is 325 g/mol. The van der Waals surface area contributed by atoms with Crippen molar-refractivity contribution in [1.82, 2.24) is 0 Å². The van der Waals surface area contributed by atoms with Gasteiger partial charge < -0.3 is 9.47 Å². The van der Waals surface area contributed by atoms with Crippen LogP contribution in [0, 0.1) is 12.8 Å². The van der Waals surface area contributed by atoms with E-state index in [0.29, 0.717) is 10.8 Å². The summed E-state index contributed by atoms with van der Waals surface area (Å²) >= 11 is 5.83. The van der Waals surface area contributed by atoms with Crippen molar-refractivity contribution in [3.63, 3.8) is 0 Å². The molecule has 0 amide bonds. The first-order chi connectivity index (χ1) is 10.3. The number of rotatable bonds is 6. The molecule has 1 rings (SSSR count). The van der Waals surface area contributed by atoms with Gasteiger partial charge in [-0.25, -0.2) is 9.59 Å². The molecule has 1 aromatic rings. The molecule has 0 saturated carbocycles. The molecule has 1 unspecified atom stereocenters. The van der Waals surface area contributed by atoms with Crippen molar-refractivity contribution in [1.29, 1.82) is 0 Å². The van der Waals surface area contributed by atoms with Crippen LogP contribution in [0.2, 0.25) is 5.02 Å². The monoisotopic (exact) mass is 324 g/mol. The lowest BCUT2D eigenvalue weighted by molar-refractivity contribution is -0.145. The Morgan fingerprint density at radius 3 is 2.41 bits per heavy atom. The second kappa shape index (κ2) is 8.59. The molecular formula is C17H21ClO4. The highest BCUT2D eigenvalue weighted by Crippen LogP contribution is 2.21. The maximum absolute atomic E-state index is 11.7. The zero-order valence-corrected chi connectivity index (χ0v) is 14.0. The third kappa shape index (κ3) is 5.90. The first kappa shape index (κ1) is 18.2. The largest absolute Gasteiger partial charge is 0.459 e. The van der Waals surface area contributed by atoms with E-state index in [1.165, 1.54) is 0 Å². The van der Waals surface area contributed by atoms with Crippen LogP contribution in [0.1, 0.15) is 32.8 Å². The topological polar surface area (TPSA) is 52.6 Å². The second-order valence-corrected chi connectivity index (χ2v) is 5.73. The number of ether oxygens (including phenoxy) is 2. The van der Waals surface area contributed by atoms with Crippen molar-refractivity contribution >= 4 is 23.5 Å². The predicted octanol–water partition coefficient (Wildman–Crippen LogP) is 4.09. The van der Waals surface area contributed by atoms with Gasteiger partial charge in [-0.2, -0.15) is 0 Å². The summed E-state index contributed by atoms with van der Waals surface area (Å²) in [7, 11) is 0. The summed E-state index contributed by atoms with van der Waals surface area (Å²) in [6, 6.07) is 4.92. The maximum Gasteiger partial charge on any atom is 0.336 e. The lowest BCUT2D eigenvalue weighted by Crippen LogP contribution is -2.22. The van der Waals surface area contributed by atoms with Gasteiger partial charge in [-0.05, 0) is 43.0 Å². The van der Waals surface area contributed by atoms with Crippen LogP contribution in [0.4, 0.5) is 0 Å². The number of halogens is 1. The van der Waals surface area contributed by atoms with Crippen LogP contribution in [0.5, 0.6) is 5.75 Å². The van der Waals surface area contributed by atoms with Crippen molar-refractivity contribution in [3.8, 4) is 5.75 Å². The van der Waals surface area contributed by atoms with Gasteiger partial charge in [-0.15, -0.1) is 0 Å². The number of benzene rings is 1. The fraction of sp³-hybridized carbons (Fsp3) is 0.412. The molecule has 0 saturated heterocycles. The first-order valence-electron chi connectivity index (χ1n) is 7.20. The van der Waals surface area contributed by atoms with Crippen molar-refractivity contribution in [3.05, 3.63) is 40.9 Å². The summed E-state index contributed by atoms with van der Waals surface area (Å²) in [5.41, 5.74) is 0.739. The van der Waals surface area contributed by atoms with E-state index in [9.17, 15) is 9.59 Å². The summed E-state index contributed by atoms with van der Waals surface area (Å²) in [4.78, 5) is 23.3. The van der Waals surface area contributed by atoms with Crippen molar-refractivity contribution < 1.29 is 19.1 Å². The molecule has 1 atom stereocenters. The Hall–Kier alpha value is -1.81. The SMILES string of the molecule is CCC(OC(=O)/C=C/C(=O)Oc1ccc(Cl)cc1C)C(C)C. The maximum atomic E-state index is 11.7. The zero-order chi connectivity index (χ0) is 16.7. The summed E-state index contributed by atoms with van der Waals surface area (Å²) in [5.74, 6) is -0.558. The Kier molecular flexibility index (Phi) is 7.12. The van der Waals surface area contributed by atoms with Crippen LogP contribution in [-0.4, -0.2) is 18.0 Å².